The van der Waals surface area contributed by atoms with Gasteiger partial charge in [0, 0.05) is 6.92 Å². The van der Waals surface area contributed by atoms with Crippen molar-refractivity contribution in [1.29, 1.82) is 0 Å². The van der Waals surface area contributed by atoms with Crippen LogP contribution in [0.3, 0.4) is 0 Å². The molecule has 2 amide bonds. The first kappa shape index (κ1) is 8.39. The summed E-state index contributed by atoms with van der Waals surface area (Å²) in [5.41, 5.74) is 0. The summed E-state index contributed by atoms with van der Waals surface area (Å²) in [4.78, 5) is 20.7. The summed E-state index contributed by atoms with van der Waals surface area (Å²) in [6, 6.07) is 0. The highest BCUT2D eigenvalue weighted by molar-refractivity contribution is 6.28. The largest absolute Gasteiger partial charge is 0.273 e. The Kier molecular flexibility index (Phi) is 3.19. The van der Waals surface area contributed by atoms with Crippen LogP contribution in [0.15, 0.2) is 0 Å². The van der Waals surface area contributed by atoms with Gasteiger partial charge < -0.3 is 0 Å². The summed E-state index contributed by atoms with van der Waals surface area (Å²) in [7, 11) is 0. The number of amides is 2. The molecule has 0 spiro atoms. The van der Waals surface area contributed by atoms with Gasteiger partial charge in [-0.2, -0.15) is 0 Å². The number of nitrogens with zero attached hydrogens (tertiary/aromatic N) is 1. The van der Waals surface area contributed by atoms with Crippen molar-refractivity contribution in [2.75, 3.05) is 5.88 Å². The van der Waals surface area contributed by atoms with Crippen LogP contribution in [0.1, 0.15) is 6.92 Å². The lowest BCUT2D eigenvalue weighted by molar-refractivity contribution is -0.142. The first-order chi connectivity index (χ1) is 4.09. The van der Waals surface area contributed by atoms with Crippen molar-refractivity contribution in [3.8, 4) is 0 Å². The van der Waals surface area contributed by atoms with Gasteiger partial charge >= 0.3 is 0 Å². The molecule has 0 radical (unpaired) electrons. The number of alkyl halides is 1. The SMILES string of the molecule is CC(=O)N(N)C(=O)CCl. The van der Waals surface area contributed by atoms with E-state index in [9.17, 15) is 9.59 Å². The molecule has 0 aliphatic rings. The summed E-state index contributed by atoms with van der Waals surface area (Å²) < 4.78 is 0. The zero-order chi connectivity index (χ0) is 7.44. The van der Waals surface area contributed by atoms with E-state index in [1.54, 1.807) is 0 Å². The Labute approximate surface area is 57.5 Å². The van der Waals surface area contributed by atoms with Gasteiger partial charge in [-0.05, 0) is 0 Å². The van der Waals surface area contributed by atoms with Crippen LogP contribution in [-0.4, -0.2) is 22.7 Å². The Bertz CT molecular complexity index is 137. The molecule has 0 aliphatic heterocycles. The third-order valence-corrected chi connectivity index (χ3v) is 0.951. The molecule has 5 heteroatoms. The van der Waals surface area contributed by atoms with Crippen LogP contribution < -0.4 is 5.84 Å². The van der Waals surface area contributed by atoms with Gasteiger partial charge in [0.25, 0.3) is 5.91 Å². The number of nitrogens with two attached hydrogens (primary N) is 1. The predicted octanol–water partition coefficient (Wildman–Crippen LogP) is -0.526. The van der Waals surface area contributed by atoms with Gasteiger partial charge in [0.15, 0.2) is 0 Å². The molecule has 0 bridgehead atoms. The van der Waals surface area contributed by atoms with E-state index in [0.29, 0.717) is 5.01 Å². The van der Waals surface area contributed by atoms with E-state index < -0.39 is 11.8 Å². The van der Waals surface area contributed by atoms with Gasteiger partial charge in [0.05, 0.1) is 0 Å². The molecule has 2 N–H and O–H groups in total. The number of carbonyl (C=O) groups excluding carboxylic acids is 2. The first-order valence-electron chi connectivity index (χ1n) is 2.23. The van der Waals surface area contributed by atoms with Crippen LogP contribution in [0.25, 0.3) is 0 Å². The van der Waals surface area contributed by atoms with Crippen LogP contribution in [0.4, 0.5) is 0 Å². The van der Waals surface area contributed by atoms with Crippen molar-refractivity contribution in [1.82, 2.24) is 5.01 Å². The summed E-state index contributed by atoms with van der Waals surface area (Å²) >= 11 is 5.07. The fourth-order valence-electron chi connectivity index (χ4n) is 0.240. The summed E-state index contributed by atoms with van der Waals surface area (Å²) in [6.45, 7) is 1.18. The lowest BCUT2D eigenvalue weighted by Gasteiger charge is -2.08. The number of rotatable bonds is 1. The van der Waals surface area contributed by atoms with Crippen molar-refractivity contribution < 1.29 is 9.59 Å². The highest BCUT2D eigenvalue weighted by Gasteiger charge is 2.10. The molecule has 0 saturated carbocycles. The van der Waals surface area contributed by atoms with Gasteiger partial charge in [0.1, 0.15) is 5.88 Å². The van der Waals surface area contributed by atoms with Crippen molar-refractivity contribution in [2.45, 2.75) is 6.92 Å². The standard InChI is InChI=1S/C4H7ClN2O2/c1-3(8)7(6)4(9)2-5/h2,6H2,1H3. The van der Waals surface area contributed by atoms with Gasteiger partial charge in [-0.25, -0.2) is 10.9 Å². The molecule has 4 nitrogen and oxygen atoms in total. The second-order valence-electron chi connectivity index (χ2n) is 1.42. The smallest absolute Gasteiger partial charge is 0.258 e. The predicted molar refractivity (Wildman–Crippen MR) is 32.4 cm³/mol. The molecule has 0 rings (SSSR count). The average molecular weight is 151 g/mol. The Morgan fingerprint density at radius 3 is 2.22 bits per heavy atom. The van der Waals surface area contributed by atoms with E-state index >= 15 is 0 Å². The lowest BCUT2D eigenvalue weighted by atomic mass is 10.6. The topological polar surface area (TPSA) is 63.4 Å². The summed E-state index contributed by atoms with van der Waals surface area (Å²) in [5, 5.41) is 0.479. The highest BCUT2D eigenvalue weighted by atomic mass is 35.5. The van der Waals surface area contributed by atoms with Crippen LogP contribution >= 0.6 is 11.6 Å². The second kappa shape index (κ2) is 3.42. The zero-order valence-electron chi connectivity index (χ0n) is 4.93. The second-order valence-corrected chi connectivity index (χ2v) is 1.68. The maximum absolute atomic E-state index is 10.4. The molecule has 0 fully saturated rings. The van der Waals surface area contributed by atoms with E-state index in [2.05, 4.69) is 0 Å². The van der Waals surface area contributed by atoms with Crippen LogP contribution in [0.5, 0.6) is 0 Å². The number of imide groups is 1. The molecule has 9 heavy (non-hydrogen) atoms. The lowest BCUT2D eigenvalue weighted by Crippen LogP contribution is -2.41. The molecule has 52 valence electrons. The fraction of sp³-hybridized carbons (Fsp3) is 0.500. The Morgan fingerprint density at radius 2 is 2.11 bits per heavy atom. The third kappa shape index (κ3) is 2.43. The molecule has 0 heterocycles. The van der Waals surface area contributed by atoms with E-state index in [1.807, 2.05) is 0 Å². The number of halogens is 1. The third-order valence-electron chi connectivity index (χ3n) is 0.722. The van der Waals surface area contributed by atoms with Crippen LogP contribution in [-0.2, 0) is 9.59 Å². The average Bonchev–Trinajstić information content (AvgIpc) is 1.84. The molecule has 0 aromatic heterocycles. The number of carbonyl (C=O) groups is 2. The van der Waals surface area contributed by atoms with Gasteiger partial charge in [-0.15, -0.1) is 11.6 Å². The maximum Gasteiger partial charge on any atom is 0.258 e. The number of hydrogen-bond donors (Lipinski definition) is 1. The van der Waals surface area contributed by atoms with Crippen LogP contribution in [0.2, 0.25) is 0 Å². The molecule has 0 aromatic rings. The van der Waals surface area contributed by atoms with E-state index in [1.165, 1.54) is 6.92 Å². The van der Waals surface area contributed by atoms with Gasteiger partial charge in [-0.1, -0.05) is 0 Å². The van der Waals surface area contributed by atoms with Gasteiger partial charge in [0.2, 0.25) is 5.91 Å². The molecular formula is C4H7ClN2O2. The van der Waals surface area contributed by atoms with Gasteiger partial charge in [-0.3, -0.25) is 9.59 Å². The minimum absolute atomic E-state index is 0.268. The number of hydrazine groups is 1. The van der Waals surface area contributed by atoms with Crippen molar-refractivity contribution in [3.63, 3.8) is 0 Å². The fourth-order valence-corrected chi connectivity index (χ4v) is 0.369. The van der Waals surface area contributed by atoms with E-state index in [0.717, 1.165) is 0 Å². The minimum atomic E-state index is -0.593. The Balaban J connectivity index is 3.88. The van der Waals surface area contributed by atoms with Crippen molar-refractivity contribution in [3.05, 3.63) is 0 Å². The molecule has 0 aliphatic carbocycles. The van der Waals surface area contributed by atoms with Crippen molar-refractivity contribution in [2.24, 2.45) is 5.84 Å². The number of hydrogen-bond acceptors (Lipinski definition) is 3. The molecule has 0 saturated heterocycles. The Hall–Kier alpha value is -0.610. The molecular weight excluding hydrogens is 144 g/mol. The quantitative estimate of drug-likeness (QED) is 0.237. The summed E-state index contributed by atoms with van der Waals surface area (Å²) in [5.74, 6) is 3.55. The first-order valence-corrected chi connectivity index (χ1v) is 2.77. The Morgan fingerprint density at radius 1 is 1.67 bits per heavy atom. The van der Waals surface area contributed by atoms with Crippen LogP contribution in [0, 0.1) is 0 Å². The van der Waals surface area contributed by atoms with E-state index in [4.69, 9.17) is 17.4 Å². The highest BCUT2D eigenvalue weighted by Crippen LogP contribution is 1.84. The molecule has 0 aromatic carbocycles. The van der Waals surface area contributed by atoms with E-state index in [-0.39, 0.29) is 5.88 Å². The van der Waals surface area contributed by atoms with Crippen molar-refractivity contribution >= 4 is 23.4 Å². The summed E-state index contributed by atoms with van der Waals surface area (Å²) in [6.07, 6.45) is 0. The normalized spacial score (nSPS) is 8.78. The molecule has 0 unspecified atom stereocenters. The maximum atomic E-state index is 10.4. The minimum Gasteiger partial charge on any atom is -0.273 e. The monoisotopic (exact) mass is 150 g/mol. The zero-order valence-corrected chi connectivity index (χ0v) is 5.68. The molecule has 0 atom stereocenters.